The van der Waals surface area contributed by atoms with E-state index in [0.717, 1.165) is 0 Å². The first-order valence-electron chi connectivity index (χ1n) is 6.96. The minimum absolute atomic E-state index is 0.196. The summed E-state index contributed by atoms with van der Waals surface area (Å²) >= 11 is 0. The molecule has 1 saturated heterocycles. The smallest absolute Gasteiger partial charge is 0.417 e. The normalized spacial score (nSPS) is 17.4. The number of hydrogen-bond donors (Lipinski definition) is 1. The number of carbonyl (C=O) groups excluding carboxylic acids is 1. The minimum atomic E-state index is -4.70. The second-order valence-corrected chi connectivity index (χ2v) is 5.31. The van der Waals surface area contributed by atoms with Gasteiger partial charge in [0.1, 0.15) is 11.8 Å². The monoisotopic (exact) mass is 328 g/mol. The average Bonchev–Trinajstić information content (AvgIpc) is 2.52. The molecule has 5 nitrogen and oxygen atoms in total. The molecule has 0 aliphatic carbocycles. The van der Waals surface area contributed by atoms with Crippen molar-refractivity contribution in [1.29, 1.82) is 5.26 Å². The van der Waals surface area contributed by atoms with Crippen molar-refractivity contribution in [3.05, 3.63) is 29.8 Å². The highest BCUT2D eigenvalue weighted by molar-refractivity contribution is 5.78. The van der Waals surface area contributed by atoms with Crippen LogP contribution in [0.4, 0.5) is 13.2 Å². The van der Waals surface area contributed by atoms with Gasteiger partial charge in [-0.3, -0.25) is 4.79 Å². The third-order valence-electron chi connectivity index (χ3n) is 3.83. The molecule has 0 spiro atoms. The van der Waals surface area contributed by atoms with Crippen molar-refractivity contribution in [2.24, 2.45) is 0 Å². The van der Waals surface area contributed by atoms with Crippen molar-refractivity contribution < 1.29 is 27.8 Å². The number of alkyl halides is 3. The van der Waals surface area contributed by atoms with E-state index in [9.17, 15) is 23.1 Å². The molecule has 1 N–H and O–H groups in total. The molecule has 1 aliphatic rings. The number of carbonyl (C=O) groups is 1. The lowest BCUT2D eigenvalue weighted by atomic mass is 9.91. The molecule has 124 valence electrons. The van der Waals surface area contributed by atoms with Crippen molar-refractivity contribution >= 4 is 5.91 Å². The summed E-state index contributed by atoms with van der Waals surface area (Å²) in [5.41, 5.74) is -2.47. The van der Waals surface area contributed by atoms with Crippen molar-refractivity contribution in [2.45, 2.75) is 24.6 Å². The van der Waals surface area contributed by atoms with Gasteiger partial charge in [0, 0.05) is 25.9 Å². The number of ether oxygens (including phenoxy) is 1. The maximum absolute atomic E-state index is 12.7. The summed E-state index contributed by atoms with van der Waals surface area (Å²) in [6, 6.07) is 8.27. The molecule has 1 heterocycles. The fourth-order valence-electron chi connectivity index (χ4n) is 2.33. The van der Waals surface area contributed by atoms with E-state index in [1.54, 1.807) is 12.1 Å². The zero-order chi connectivity index (χ0) is 17.1. The summed E-state index contributed by atoms with van der Waals surface area (Å²) in [7, 11) is 0. The first-order chi connectivity index (χ1) is 10.8. The minimum Gasteiger partial charge on any atom is -0.482 e. The molecule has 2 rings (SSSR count). The van der Waals surface area contributed by atoms with Crippen LogP contribution >= 0.6 is 0 Å². The lowest BCUT2D eigenvalue weighted by Gasteiger charge is -2.39. The molecule has 0 unspecified atom stereocenters. The Bertz CT molecular complexity index is 617. The largest absolute Gasteiger partial charge is 0.482 e. The maximum Gasteiger partial charge on any atom is 0.417 e. The molecule has 1 fully saturated rings. The Morgan fingerprint density at radius 3 is 2.52 bits per heavy atom. The predicted molar refractivity (Wildman–Crippen MR) is 73.5 cm³/mol. The van der Waals surface area contributed by atoms with Gasteiger partial charge in [0.25, 0.3) is 5.91 Å². The molecule has 0 aromatic heterocycles. The third-order valence-corrected chi connectivity index (χ3v) is 3.83. The molecule has 8 heteroatoms. The number of rotatable bonds is 3. The van der Waals surface area contributed by atoms with Crippen LogP contribution < -0.4 is 4.74 Å². The van der Waals surface area contributed by atoms with Crippen molar-refractivity contribution in [1.82, 2.24) is 4.90 Å². The van der Waals surface area contributed by atoms with Gasteiger partial charge in [-0.2, -0.15) is 18.4 Å². The predicted octanol–water partition coefficient (Wildman–Crippen LogP) is 1.85. The molecule has 0 saturated carbocycles. The van der Waals surface area contributed by atoms with E-state index in [0.29, 0.717) is 0 Å². The number of likely N-dealkylation sites (tertiary alicyclic amines) is 1. The van der Waals surface area contributed by atoms with Crippen molar-refractivity contribution in [2.75, 3.05) is 19.7 Å². The van der Waals surface area contributed by atoms with Gasteiger partial charge < -0.3 is 14.7 Å². The number of hydrogen-bond acceptors (Lipinski definition) is 4. The lowest BCUT2D eigenvalue weighted by Crippen LogP contribution is -2.54. The number of halogens is 3. The van der Waals surface area contributed by atoms with E-state index >= 15 is 0 Å². The number of nitrogens with zero attached hydrogens (tertiary/aromatic N) is 2. The number of amides is 1. The molecule has 1 aromatic carbocycles. The molecular weight excluding hydrogens is 313 g/mol. The van der Waals surface area contributed by atoms with E-state index in [2.05, 4.69) is 0 Å². The van der Waals surface area contributed by atoms with Gasteiger partial charge in [0.2, 0.25) is 0 Å². The van der Waals surface area contributed by atoms with Crippen LogP contribution in [-0.4, -0.2) is 47.4 Å². The summed E-state index contributed by atoms with van der Waals surface area (Å²) in [5.74, 6) is -0.242. The summed E-state index contributed by atoms with van der Waals surface area (Å²) < 4.78 is 43.4. The quantitative estimate of drug-likeness (QED) is 0.919. The molecule has 23 heavy (non-hydrogen) atoms. The topological polar surface area (TPSA) is 73.6 Å². The second kappa shape index (κ2) is 6.46. The van der Waals surface area contributed by atoms with Crippen LogP contribution in [0.25, 0.3) is 0 Å². The van der Waals surface area contributed by atoms with E-state index < -0.39 is 30.5 Å². The molecule has 0 bridgehead atoms. The number of benzene rings is 1. The highest BCUT2D eigenvalue weighted by Gasteiger charge is 2.54. The van der Waals surface area contributed by atoms with Crippen LogP contribution in [0.1, 0.15) is 18.4 Å². The Labute approximate surface area is 130 Å². The Kier molecular flexibility index (Phi) is 4.80. The molecule has 1 aliphatic heterocycles. The average molecular weight is 328 g/mol. The number of piperidine rings is 1. The fourth-order valence-corrected chi connectivity index (χ4v) is 2.33. The molecule has 1 aromatic rings. The highest BCUT2D eigenvalue weighted by Crippen LogP contribution is 2.38. The van der Waals surface area contributed by atoms with Crippen LogP contribution in [0, 0.1) is 11.3 Å². The van der Waals surface area contributed by atoms with E-state index in [1.807, 2.05) is 6.07 Å². The van der Waals surface area contributed by atoms with Crippen molar-refractivity contribution in [3.63, 3.8) is 0 Å². The summed E-state index contributed by atoms with van der Waals surface area (Å²) in [6.07, 6.45) is -5.82. The summed E-state index contributed by atoms with van der Waals surface area (Å²) in [6.45, 7) is -0.765. The Hall–Kier alpha value is -2.27. The van der Waals surface area contributed by atoms with Crippen LogP contribution in [0.3, 0.4) is 0 Å². The number of para-hydroxylation sites is 1. The molecular formula is C15H15F3N2O3. The summed E-state index contributed by atoms with van der Waals surface area (Å²) in [4.78, 5) is 13.2. The van der Waals surface area contributed by atoms with Crippen LogP contribution in [-0.2, 0) is 4.79 Å². The molecule has 0 atom stereocenters. The van der Waals surface area contributed by atoms with Crippen LogP contribution in [0.15, 0.2) is 24.3 Å². The first-order valence-corrected chi connectivity index (χ1v) is 6.96. The number of nitriles is 1. The molecule has 0 radical (unpaired) electrons. The zero-order valence-corrected chi connectivity index (χ0v) is 12.1. The second-order valence-electron chi connectivity index (χ2n) is 5.31. The van der Waals surface area contributed by atoms with Crippen LogP contribution in [0.2, 0.25) is 0 Å². The van der Waals surface area contributed by atoms with Gasteiger partial charge >= 0.3 is 6.18 Å². The van der Waals surface area contributed by atoms with Crippen molar-refractivity contribution in [3.8, 4) is 11.8 Å². The van der Waals surface area contributed by atoms with Crippen LogP contribution in [0.5, 0.6) is 5.75 Å². The highest BCUT2D eigenvalue weighted by atomic mass is 19.4. The maximum atomic E-state index is 12.7. The van der Waals surface area contributed by atoms with Gasteiger partial charge in [-0.1, -0.05) is 12.1 Å². The fraction of sp³-hybridized carbons (Fsp3) is 0.467. The van der Waals surface area contributed by atoms with Gasteiger partial charge in [0.15, 0.2) is 12.2 Å². The SMILES string of the molecule is N#Cc1ccccc1OCC(=O)N1CCC(O)(C(F)(F)F)CC1. The first kappa shape index (κ1) is 17.1. The molecule has 1 amide bonds. The van der Waals surface area contributed by atoms with Gasteiger partial charge in [-0.05, 0) is 12.1 Å². The standard InChI is InChI=1S/C15H15F3N2O3/c16-15(17,18)14(22)5-7-20(8-6-14)13(21)10-23-12-4-2-1-3-11(12)9-19/h1-4,22H,5-8,10H2. The van der Waals surface area contributed by atoms with Gasteiger partial charge in [-0.15, -0.1) is 0 Å². The van der Waals surface area contributed by atoms with Gasteiger partial charge in [-0.25, -0.2) is 0 Å². The Balaban J connectivity index is 1.90. The van der Waals surface area contributed by atoms with E-state index in [-0.39, 0.29) is 31.0 Å². The lowest BCUT2D eigenvalue weighted by molar-refractivity contribution is -0.272. The van der Waals surface area contributed by atoms with E-state index in [1.165, 1.54) is 17.0 Å². The van der Waals surface area contributed by atoms with E-state index in [4.69, 9.17) is 10.00 Å². The summed E-state index contributed by atoms with van der Waals surface area (Å²) in [5, 5.41) is 18.5. The zero-order valence-electron chi connectivity index (χ0n) is 12.1. The number of aliphatic hydroxyl groups is 1. The Morgan fingerprint density at radius 2 is 1.96 bits per heavy atom. The van der Waals surface area contributed by atoms with Gasteiger partial charge in [0.05, 0.1) is 5.56 Å². The Morgan fingerprint density at radius 1 is 1.35 bits per heavy atom. The third kappa shape index (κ3) is 3.74.